The highest BCUT2D eigenvalue weighted by molar-refractivity contribution is 5.91. The van der Waals surface area contributed by atoms with Crippen LogP contribution in [0.15, 0.2) is 4.99 Å². The van der Waals surface area contributed by atoms with Crippen LogP contribution in [-0.4, -0.2) is 72.0 Å². The molecule has 0 aromatic carbocycles. The lowest BCUT2D eigenvalue weighted by atomic mass is 10.1. The molecule has 0 rings (SSSR count). The maximum absolute atomic E-state index is 12.4. The highest BCUT2D eigenvalue weighted by atomic mass is 16.6. The predicted octanol–water partition coefficient (Wildman–Crippen LogP) is -1.79. The molecule has 0 heterocycles. The van der Waals surface area contributed by atoms with Crippen molar-refractivity contribution in [2.24, 2.45) is 16.5 Å². The molecule has 2 unspecified atom stereocenters. The van der Waals surface area contributed by atoms with Crippen molar-refractivity contribution in [2.45, 2.75) is 57.7 Å². The number of hydrogen-bond acceptors (Lipinski definition) is 7. The van der Waals surface area contributed by atoms with E-state index in [4.69, 9.17) is 21.3 Å². The monoisotopic (exact) mass is 430 g/mol. The summed E-state index contributed by atoms with van der Waals surface area (Å²) in [5, 5.41) is 15.7. The number of aliphatic carboxylic acids is 1. The number of aliphatic imine (C=N–C) groups is 1. The Bertz CT molecular complexity index is 655. The minimum absolute atomic E-state index is 0.115. The Balaban J connectivity index is 4.89. The van der Waals surface area contributed by atoms with Crippen LogP contribution in [0, 0.1) is 0 Å². The first kappa shape index (κ1) is 26.6. The van der Waals surface area contributed by atoms with Gasteiger partial charge in [0.25, 0.3) is 0 Å². The van der Waals surface area contributed by atoms with Crippen LogP contribution in [0.25, 0.3) is 0 Å². The fraction of sp³-hybridized carbons (Fsp3) is 0.647. The zero-order valence-electron chi connectivity index (χ0n) is 17.3. The second kappa shape index (κ2) is 13.0. The smallest absolute Gasteiger partial charge is 0.408 e. The molecule has 0 saturated carbocycles. The van der Waals surface area contributed by atoms with Gasteiger partial charge in [-0.25, -0.2) is 9.59 Å². The Kier molecular flexibility index (Phi) is 11.5. The molecule has 13 heteroatoms. The summed E-state index contributed by atoms with van der Waals surface area (Å²) < 4.78 is 5.12. The molecule has 0 aromatic heterocycles. The molecule has 3 amide bonds. The number of ether oxygens (including phenoxy) is 1. The van der Waals surface area contributed by atoms with Gasteiger partial charge in [0.15, 0.2) is 5.96 Å². The molecule has 30 heavy (non-hydrogen) atoms. The van der Waals surface area contributed by atoms with Crippen molar-refractivity contribution in [1.82, 2.24) is 16.0 Å². The molecular formula is C17H30N6O7. The summed E-state index contributed by atoms with van der Waals surface area (Å²) in [7, 11) is 0. The number of carboxylic acids is 1. The van der Waals surface area contributed by atoms with E-state index in [2.05, 4.69) is 20.9 Å². The molecule has 0 aliphatic carbocycles. The average Bonchev–Trinajstić information content (AvgIpc) is 2.59. The number of rotatable bonds is 12. The van der Waals surface area contributed by atoms with E-state index < -0.39 is 54.5 Å². The molecule has 0 fully saturated rings. The second-order valence-corrected chi connectivity index (χ2v) is 7.23. The minimum atomic E-state index is -1.40. The van der Waals surface area contributed by atoms with Gasteiger partial charge in [0.1, 0.15) is 24.0 Å². The third kappa shape index (κ3) is 12.9. The summed E-state index contributed by atoms with van der Waals surface area (Å²) in [6.07, 6.45) is -0.395. The topological polar surface area (TPSA) is 215 Å². The lowest BCUT2D eigenvalue weighted by molar-refractivity contribution is -0.142. The van der Waals surface area contributed by atoms with Gasteiger partial charge in [0, 0.05) is 13.0 Å². The largest absolute Gasteiger partial charge is 0.480 e. The number of nitrogens with two attached hydrogens (primary N) is 2. The van der Waals surface area contributed by atoms with Gasteiger partial charge < -0.3 is 42.1 Å². The lowest BCUT2D eigenvalue weighted by Gasteiger charge is -2.23. The zero-order valence-corrected chi connectivity index (χ0v) is 17.3. The number of carbonyl (C=O) groups excluding carboxylic acids is 4. The van der Waals surface area contributed by atoms with Crippen molar-refractivity contribution >= 4 is 36.1 Å². The predicted molar refractivity (Wildman–Crippen MR) is 106 cm³/mol. The van der Waals surface area contributed by atoms with E-state index in [-0.39, 0.29) is 18.9 Å². The molecule has 8 N–H and O–H groups in total. The van der Waals surface area contributed by atoms with Crippen LogP contribution in [0.2, 0.25) is 0 Å². The maximum atomic E-state index is 12.4. The van der Waals surface area contributed by atoms with E-state index in [1.807, 2.05) is 0 Å². The van der Waals surface area contributed by atoms with E-state index in [0.717, 1.165) is 0 Å². The average molecular weight is 430 g/mol. The van der Waals surface area contributed by atoms with E-state index in [0.29, 0.717) is 12.7 Å². The van der Waals surface area contributed by atoms with Crippen LogP contribution in [0.5, 0.6) is 0 Å². The van der Waals surface area contributed by atoms with Crippen molar-refractivity contribution < 1.29 is 33.8 Å². The van der Waals surface area contributed by atoms with Gasteiger partial charge in [0.05, 0.1) is 6.54 Å². The first-order chi connectivity index (χ1) is 13.9. The molecule has 170 valence electrons. The summed E-state index contributed by atoms with van der Waals surface area (Å²) >= 11 is 0. The molecule has 0 saturated heterocycles. The molecule has 13 nitrogen and oxygen atoms in total. The van der Waals surface area contributed by atoms with Gasteiger partial charge in [-0.05, 0) is 33.6 Å². The van der Waals surface area contributed by atoms with E-state index in [1.54, 1.807) is 20.8 Å². The van der Waals surface area contributed by atoms with Gasteiger partial charge in [-0.1, -0.05) is 0 Å². The Morgan fingerprint density at radius 3 is 2.27 bits per heavy atom. The van der Waals surface area contributed by atoms with Crippen LogP contribution in [-0.2, 0) is 23.9 Å². The Labute approximate surface area is 174 Å². The Morgan fingerprint density at radius 1 is 1.13 bits per heavy atom. The number of aldehydes is 1. The fourth-order valence-corrected chi connectivity index (χ4v) is 2.08. The van der Waals surface area contributed by atoms with Crippen LogP contribution in [0.1, 0.15) is 40.0 Å². The summed E-state index contributed by atoms with van der Waals surface area (Å²) in [5.74, 6) is -3.00. The number of amides is 3. The highest BCUT2D eigenvalue weighted by Gasteiger charge is 2.25. The molecule has 0 spiro atoms. The maximum Gasteiger partial charge on any atom is 0.408 e. The fourth-order valence-electron chi connectivity index (χ4n) is 2.08. The quantitative estimate of drug-likeness (QED) is 0.0890. The third-order valence-corrected chi connectivity index (χ3v) is 3.34. The van der Waals surface area contributed by atoms with Gasteiger partial charge in [0.2, 0.25) is 11.8 Å². The molecule has 0 radical (unpaired) electrons. The lowest BCUT2D eigenvalue weighted by Crippen LogP contribution is -2.51. The molecule has 0 aliphatic rings. The van der Waals surface area contributed by atoms with Crippen molar-refractivity contribution in [3.63, 3.8) is 0 Å². The van der Waals surface area contributed by atoms with Gasteiger partial charge >= 0.3 is 12.1 Å². The first-order valence-corrected chi connectivity index (χ1v) is 9.14. The molecule has 0 aromatic rings. The number of hydrogen-bond donors (Lipinski definition) is 6. The summed E-state index contributed by atoms with van der Waals surface area (Å²) in [6, 6.07) is -2.45. The highest BCUT2D eigenvalue weighted by Crippen LogP contribution is 2.08. The minimum Gasteiger partial charge on any atom is -0.480 e. The summed E-state index contributed by atoms with van der Waals surface area (Å²) in [5.41, 5.74) is 9.68. The molecule has 0 bridgehead atoms. The second-order valence-electron chi connectivity index (χ2n) is 7.23. The van der Waals surface area contributed by atoms with Crippen LogP contribution in [0.4, 0.5) is 4.79 Å². The number of nitrogens with one attached hydrogen (secondary N) is 3. The van der Waals surface area contributed by atoms with Gasteiger partial charge in [-0.15, -0.1) is 0 Å². The number of guanidine groups is 1. The van der Waals surface area contributed by atoms with Crippen molar-refractivity contribution in [3.05, 3.63) is 0 Å². The van der Waals surface area contributed by atoms with Gasteiger partial charge in [-0.3, -0.25) is 14.6 Å². The number of nitrogens with zero attached hydrogens (tertiary/aromatic N) is 1. The van der Waals surface area contributed by atoms with Crippen LogP contribution >= 0.6 is 0 Å². The molecular weight excluding hydrogens is 400 g/mol. The van der Waals surface area contributed by atoms with Crippen LogP contribution < -0.4 is 27.4 Å². The van der Waals surface area contributed by atoms with Crippen LogP contribution in [0.3, 0.4) is 0 Å². The summed E-state index contributed by atoms with van der Waals surface area (Å²) in [4.78, 5) is 61.4. The Hall–Kier alpha value is -3.38. The van der Waals surface area contributed by atoms with E-state index >= 15 is 0 Å². The van der Waals surface area contributed by atoms with E-state index in [9.17, 15) is 24.0 Å². The van der Waals surface area contributed by atoms with Crippen molar-refractivity contribution in [3.8, 4) is 0 Å². The van der Waals surface area contributed by atoms with E-state index in [1.165, 1.54) is 0 Å². The van der Waals surface area contributed by atoms with Crippen molar-refractivity contribution in [2.75, 3.05) is 13.1 Å². The zero-order chi connectivity index (χ0) is 23.3. The summed E-state index contributed by atoms with van der Waals surface area (Å²) in [6.45, 7) is 4.63. The first-order valence-electron chi connectivity index (χ1n) is 9.14. The third-order valence-electron chi connectivity index (χ3n) is 3.34. The number of alkyl carbamates (subject to hydrolysis) is 1. The molecule has 2 atom stereocenters. The Morgan fingerprint density at radius 2 is 1.77 bits per heavy atom. The number of carbonyl (C=O) groups is 5. The molecule has 0 aliphatic heterocycles. The number of carboxylic acid groups (broad SMARTS) is 1. The van der Waals surface area contributed by atoms with Gasteiger partial charge in [-0.2, -0.15) is 0 Å². The van der Waals surface area contributed by atoms with Crippen molar-refractivity contribution in [1.29, 1.82) is 0 Å². The normalized spacial score (nSPS) is 12.6. The SMILES string of the molecule is CC(C)(C)OC(=O)NC(CCCN=C(N)N)C(=O)NCC(=O)NC(CC=O)C(=O)O. The standard InChI is InChI=1S/C17H30N6O7/c1-17(2,3)30-16(29)23-10(5-4-7-20-15(18)19)13(26)21-9-12(25)22-11(6-8-24)14(27)28/h8,10-11H,4-7,9H2,1-3H3,(H,21,26)(H,22,25)(H,23,29)(H,27,28)(H4,18,19,20).